The molecule has 160 valence electrons. The van der Waals surface area contributed by atoms with Crippen LogP contribution in [0.25, 0.3) is 11.1 Å². The van der Waals surface area contributed by atoms with Crippen LogP contribution in [0.15, 0.2) is 34.7 Å². The molecule has 3 rings (SSSR count). The highest BCUT2D eigenvalue weighted by Crippen LogP contribution is 2.19. The van der Waals surface area contributed by atoms with E-state index >= 15 is 0 Å². The molecule has 10 heteroatoms. The van der Waals surface area contributed by atoms with Crippen LogP contribution < -0.4 is 15.6 Å². The number of nitrogens with one attached hydrogen (secondary N) is 1. The summed E-state index contributed by atoms with van der Waals surface area (Å²) in [6, 6.07) is 3.50. The zero-order chi connectivity index (χ0) is 21.5. The van der Waals surface area contributed by atoms with Crippen LogP contribution in [0, 0.1) is 0 Å². The normalized spacial score (nSPS) is 11.1. The van der Waals surface area contributed by atoms with Gasteiger partial charge in [0.25, 0.3) is 5.56 Å². The van der Waals surface area contributed by atoms with Crippen molar-refractivity contribution in [3.8, 4) is 17.0 Å². The summed E-state index contributed by atoms with van der Waals surface area (Å²) in [7, 11) is 7.35. The van der Waals surface area contributed by atoms with Crippen LogP contribution in [-0.2, 0) is 19.3 Å². The maximum Gasteiger partial charge on any atom is 0.262 e. The van der Waals surface area contributed by atoms with Crippen LogP contribution in [0.5, 0.6) is 5.88 Å². The SMILES string of the molecule is COc1cc(-c2cnc(NCCSCc3csc(CN(C)C)n3)n(C)c2=O)ccn1. The number of thiazole rings is 1. The molecule has 0 bridgehead atoms. The van der Waals surface area contributed by atoms with Crippen molar-refractivity contribution in [1.29, 1.82) is 0 Å². The molecular weight excluding hydrogens is 420 g/mol. The molecule has 0 unspecified atom stereocenters. The predicted molar refractivity (Wildman–Crippen MR) is 123 cm³/mol. The number of pyridine rings is 1. The molecule has 0 amide bonds. The minimum atomic E-state index is -0.121. The van der Waals surface area contributed by atoms with Crippen molar-refractivity contribution in [2.75, 3.05) is 38.8 Å². The van der Waals surface area contributed by atoms with Gasteiger partial charge in [-0.05, 0) is 25.7 Å². The van der Waals surface area contributed by atoms with Crippen LogP contribution >= 0.6 is 23.1 Å². The molecule has 0 radical (unpaired) electrons. The number of anilines is 1. The van der Waals surface area contributed by atoms with Gasteiger partial charge in [-0.15, -0.1) is 11.3 Å². The van der Waals surface area contributed by atoms with Crippen LogP contribution in [0.3, 0.4) is 0 Å². The van der Waals surface area contributed by atoms with Crippen LogP contribution in [-0.4, -0.2) is 57.9 Å². The second kappa shape index (κ2) is 10.6. The Morgan fingerprint density at radius 2 is 2.17 bits per heavy atom. The fourth-order valence-corrected chi connectivity index (χ4v) is 4.53. The average molecular weight is 447 g/mol. The van der Waals surface area contributed by atoms with E-state index < -0.39 is 0 Å². The van der Waals surface area contributed by atoms with Gasteiger partial charge in [-0.1, -0.05) is 0 Å². The van der Waals surface area contributed by atoms with Crippen molar-refractivity contribution in [2.45, 2.75) is 12.3 Å². The van der Waals surface area contributed by atoms with Gasteiger partial charge in [-0.3, -0.25) is 9.36 Å². The lowest BCUT2D eigenvalue weighted by Gasteiger charge is -2.11. The van der Waals surface area contributed by atoms with E-state index in [1.807, 2.05) is 14.1 Å². The molecule has 1 N–H and O–H groups in total. The largest absolute Gasteiger partial charge is 0.481 e. The Labute approximate surface area is 184 Å². The summed E-state index contributed by atoms with van der Waals surface area (Å²) in [5.41, 5.74) is 2.23. The van der Waals surface area contributed by atoms with Gasteiger partial charge in [0.15, 0.2) is 0 Å². The number of thioether (sulfide) groups is 1. The van der Waals surface area contributed by atoms with E-state index in [0.717, 1.165) is 34.3 Å². The molecule has 0 spiro atoms. The third-order valence-electron chi connectivity index (χ3n) is 4.25. The minimum Gasteiger partial charge on any atom is -0.481 e. The first-order valence-corrected chi connectivity index (χ1v) is 11.5. The Morgan fingerprint density at radius 1 is 1.33 bits per heavy atom. The molecule has 0 atom stereocenters. The number of ether oxygens (including phenoxy) is 1. The molecular formula is C20H26N6O2S2. The molecule has 3 heterocycles. The van der Waals surface area contributed by atoms with Gasteiger partial charge in [-0.2, -0.15) is 11.8 Å². The number of hydrogen-bond donors (Lipinski definition) is 1. The average Bonchev–Trinajstić information content (AvgIpc) is 3.17. The van der Waals surface area contributed by atoms with Gasteiger partial charge >= 0.3 is 0 Å². The fourth-order valence-electron chi connectivity index (χ4n) is 2.77. The Morgan fingerprint density at radius 3 is 2.93 bits per heavy atom. The summed E-state index contributed by atoms with van der Waals surface area (Å²) in [4.78, 5) is 28.0. The molecule has 0 aliphatic carbocycles. The van der Waals surface area contributed by atoms with E-state index in [0.29, 0.717) is 23.9 Å². The summed E-state index contributed by atoms with van der Waals surface area (Å²) in [5.74, 6) is 2.77. The van der Waals surface area contributed by atoms with Crippen LogP contribution in [0.4, 0.5) is 5.95 Å². The van der Waals surface area contributed by atoms with Crippen molar-refractivity contribution < 1.29 is 4.74 Å². The van der Waals surface area contributed by atoms with Crippen LogP contribution in [0.1, 0.15) is 10.7 Å². The zero-order valence-electron chi connectivity index (χ0n) is 17.6. The summed E-state index contributed by atoms with van der Waals surface area (Å²) >= 11 is 3.51. The highest BCUT2D eigenvalue weighted by Gasteiger charge is 2.10. The number of rotatable bonds is 10. The zero-order valence-corrected chi connectivity index (χ0v) is 19.2. The van der Waals surface area contributed by atoms with E-state index in [1.54, 1.807) is 61.8 Å². The number of aromatic nitrogens is 4. The standard InChI is InChI=1S/C20H26N6O2S2/c1-25(2)11-18-24-15(13-30-18)12-29-8-7-22-20-23-10-16(19(27)26(20)3)14-5-6-21-17(9-14)28-4/h5-6,9-10,13H,7-8,11-12H2,1-4H3,(H,22,23). The monoisotopic (exact) mass is 446 g/mol. The third kappa shape index (κ3) is 5.80. The maximum atomic E-state index is 12.7. The summed E-state index contributed by atoms with van der Waals surface area (Å²) < 4.78 is 6.66. The smallest absolute Gasteiger partial charge is 0.262 e. The molecule has 3 aromatic rings. The Balaban J connectivity index is 1.53. The summed E-state index contributed by atoms with van der Waals surface area (Å²) in [6.45, 7) is 1.58. The second-order valence-corrected chi connectivity index (χ2v) is 8.94. The molecule has 0 saturated heterocycles. The van der Waals surface area contributed by atoms with Gasteiger partial charge in [0, 0.05) is 55.5 Å². The molecule has 8 nitrogen and oxygen atoms in total. The lowest BCUT2D eigenvalue weighted by Crippen LogP contribution is -2.24. The number of hydrogen-bond acceptors (Lipinski definition) is 9. The van der Waals surface area contributed by atoms with Crippen molar-refractivity contribution in [2.24, 2.45) is 7.05 Å². The molecule has 0 fully saturated rings. The Bertz CT molecular complexity index is 1030. The first kappa shape index (κ1) is 22.3. The van der Waals surface area contributed by atoms with Gasteiger partial charge in [0.1, 0.15) is 5.01 Å². The second-order valence-electron chi connectivity index (χ2n) is 6.90. The highest BCUT2D eigenvalue weighted by atomic mass is 32.2. The lowest BCUT2D eigenvalue weighted by atomic mass is 10.1. The van der Waals surface area contributed by atoms with Gasteiger partial charge in [0.05, 0.1) is 18.4 Å². The minimum absolute atomic E-state index is 0.121. The van der Waals surface area contributed by atoms with E-state index in [-0.39, 0.29) is 5.56 Å². The quantitative estimate of drug-likeness (QED) is 0.476. The fraction of sp³-hybridized carbons (Fsp3) is 0.400. The molecule has 3 aromatic heterocycles. The molecule has 0 aliphatic heterocycles. The third-order valence-corrected chi connectivity index (χ3v) is 6.13. The predicted octanol–water partition coefficient (Wildman–Crippen LogP) is 2.71. The van der Waals surface area contributed by atoms with Gasteiger partial charge < -0.3 is 15.0 Å². The molecule has 0 aliphatic rings. The van der Waals surface area contributed by atoms with E-state index in [2.05, 4.69) is 30.5 Å². The Hall–Kier alpha value is -2.43. The van der Waals surface area contributed by atoms with Crippen molar-refractivity contribution >= 4 is 29.0 Å². The first-order chi connectivity index (χ1) is 14.5. The van der Waals surface area contributed by atoms with E-state index in [9.17, 15) is 4.79 Å². The molecule has 0 aromatic carbocycles. The van der Waals surface area contributed by atoms with Gasteiger partial charge in [-0.25, -0.2) is 15.0 Å². The van der Waals surface area contributed by atoms with Crippen molar-refractivity contribution in [3.63, 3.8) is 0 Å². The summed E-state index contributed by atoms with van der Waals surface area (Å²) in [6.07, 6.45) is 3.21. The van der Waals surface area contributed by atoms with Crippen molar-refractivity contribution in [3.05, 3.63) is 51.0 Å². The summed E-state index contributed by atoms with van der Waals surface area (Å²) in [5, 5.41) is 6.50. The molecule has 0 saturated carbocycles. The first-order valence-electron chi connectivity index (χ1n) is 9.44. The Kier molecular flexibility index (Phi) is 7.83. The topological polar surface area (TPSA) is 85.2 Å². The number of methoxy groups -OCH3 is 1. The highest BCUT2D eigenvalue weighted by molar-refractivity contribution is 7.98. The lowest BCUT2D eigenvalue weighted by molar-refractivity contribution is 0.398. The van der Waals surface area contributed by atoms with Crippen molar-refractivity contribution in [1.82, 2.24) is 24.4 Å². The van der Waals surface area contributed by atoms with E-state index in [1.165, 1.54) is 4.57 Å². The number of nitrogens with zero attached hydrogens (tertiary/aromatic N) is 5. The molecule has 30 heavy (non-hydrogen) atoms. The van der Waals surface area contributed by atoms with Crippen LogP contribution in [0.2, 0.25) is 0 Å². The maximum absolute atomic E-state index is 12.7. The van der Waals surface area contributed by atoms with E-state index in [4.69, 9.17) is 4.74 Å². The van der Waals surface area contributed by atoms with Gasteiger partial charge in [0.2, 0.25) is 11.8 Å².